The Bertz CT molecular complexity index is 2040. The average Bonchev–Trinajstić information content (AvgIpc) is 3.20. The number of hydrogen-bond donors (Lipinski definition) is 5. The van der Waals surface area contributed by atoms with Crippen molar-refractivity contribution >= 4 is 58.9 Å². The summed E-state index contributed by atoms with van der Waals surface area (Å²) in [5, 5.41) is 13.7. The normalized spacial score (nSPS) is 10.3. The lowest BCUT2D eigenvalue weighted by Gasteiger charge is -2.12. The van der Waals surface area contributed by atoms with E-state index in [1.165, 1.54) is 0 Å². The molecule has 13 heteroatoms. The highest BCUT2D eigenvalue weighted by molar-refractivity contribution is 5.87. The van der Waals surface area contributed by atoms with E-state index in [4.69, 9.17) is 18.9 Å². The van der Waals surface area contributed by atoms with Gasteiger partial charge in [0.2, 0.25) is 0 Å². The lowest BCUT2D eigenvalue weighted by molar-refractivity contribution is 0.154. The summed E-state index contributed by atoms with van der Waals surface area (Å²) >= 11 is 0. The lowest BCUT2D eigenvalue weighted by atomic mass is 10.1. The zero-order valence-electron chi connectivity index (χ0n) is 31.2. The molecule has 5 N–H and O–H groups in total. The minimum Gasteiger partial charge on any atom is -0.445 e. The molecule has 0 aliphatic heterocycles. The number of benzene rings is 5. The topological polar surface area (TPSA) is 165 Å². The number of rotatable bonds is 14. The molecule has 0 fully saturated rings. The van der Waals surface area contributed by atoms with Crippen molar-refractivity contribution in [2.24, 2.45) is 0 Å². The fraction of sp³-hybridized carbons (Fsp3) is 0.163. The molecule has 5 aromatic rings. The van der Waals surface area contributed by atoms with Gasteiger partial charge < -0.3 is 24.3 Å². The summed E-state index contributed by atoms with van der Waals surface area (Å²) in [7, 11) is 1.83. The molecule has 0 bridgehead atoms. The SMILES string of the molecule is CNc1ccc(COC(=O)Nc2ccc(COC(=O)Nc3ccc(C=C(COC(=O)Nc4ccc(C)cc4)COC(=O)Nc4ccc(C)cc4)cc3)cc2)cc1. The average molecular weight is 758 g/mol. The first kappa shape index (κ1) is 39.9. The number of ether oxygens (including phenoxy) is 4. The Morgan fingerprint density at radius 3 is 1.14 bits per heavy atom. The van der Waals surface area contributed by atoms with Gasteiger partial charge in [-0.2, -0.15) is 0 Å². The van der Waals surface area contributed by atoms with Gasteiger partial charge in [0.25, 0.3) is 0 Å². The van der Waals surface area contributed by atoms with Crippen LogP contribution in [0.3, 0.4) is 0 Å². The summed E-state index contributed by atoms with van der Waals surface area (Å²) in [4.78, 5) is 49.8. The maximum atomic E-state index is 12.5. The Morgan fingerprint density at radius 1 is 0.446 bits per heavy atom. The van der Waals surface area contributed by atoms with E-state index in [0.717, 1.165) is 22.4 Å². The van der Waals surface area contributed by atoms with Gasteiger partial charge in [-0.25, -0.2) is 19.2 Å². The van der Waals surface area contributed by atoms with Crippen LogP contribution in [0.4, 0.5) is 47.6 Å². The number of carbonyl (C=O) groups excluding carboxylic acids is 4. The number of hydrogen-bond acceptors (Lipinski definition) is 9. The maximum absolute atomic E-state index is 12.5. The number of nitrogens with one attached hydrogen (secondary N) is 5. The van der Waals surface area contributed by atoms with E-state index in [1.54, 1.807) is 78.9 Å². The van der Waals surface area contributed by atoms with E-state index < -0.39 is 24.4 Å². The van der Waals surface area contributed by atoms with Crippen molar-refractivity contribution < 1.29 is 38.1 Å². The van der Waals surface area contributed by atoms with Gasteiger partial charge in [0.05, 0.1) is 0 Å². The molecular weight excluding hydrogens is 714 g/mol. The molecule has 56 heavy (non-hydrogen) atoms. The van der Waals surface area contributed by atoms with Gasteiger partial charge in [0.15, 0.2) is 0 Å². The molecule has 0 aliphatic rings. The molecule has 5 aromatic carbocycles. The Hall–Kier alpha value is -7.28. The van der Waals surface area contributed by atoms with Crippen LogP contribution in [0.25, 0.3) is 6.08 Å². The largest absolute Gasteiger partial charge is 0.445 e. The van der Waals surface area contributed by atoms with Crippen LogP contribution < -0.4 is 26.6 Å². The second-order valence-electron chi connectivity index (χ2n) is 12.6. The number of anilines is 5. The fourth-order valence-corrected chi connectivity index (χ4v) is 4.98. The van der Waals surface area contributed by atoms with E-state index in [0.29, 0.717) is 39.4 Å². The first-order chi connectivity index (χ1) is 27.1. The molecule has 0 atom stereocenters. The molecule has 5 rings (SSSR count). The van der Waals surface area contributed by atoms with Crippen LogP contribution in [0.1, 0.15) is 27.8 Å². The Morgan fingerprint density at radius 2 is 0.768 bits per heavy atom. The van der Waals surface area contributed by atoms with Crippen LogP contribution in [0.5, 0.6) is 0 Å². The van der Waals surface area contributed by atoms with Crippen LogP contribution in [0.15, 0.2) is 127 Å². The van der Waals surface area contributed by atoms with E-state index in [2.05, 4.69) is 26.6 Å². The van der Waals surface area contributed by atoms with Gasteiger partial charge >= 0.3 is 24.4 Å². The zero-order chi connectivity index (χ0) is 39.7. The summed E-state index contributed by atoms with van der Waals surface area (Å²) in [6, 6.07) is 35.7. The Kier molecular flexibility index (Phi) is 14.4. The quantitative estimate of drug-likeness (QED) is 0.0694. The molecule has 0 radical (unpaired) electrons. The molecule has 0 spiro atoms. The first-order valence-corrected chi connectivity index (χ1v) is 17.6. The molecular formula is C43H43N5O8. The van der Waals surface area contributed by atoms with Crippen LogP contribution in [-0.4, -0.2) is 44.6 Å². The zero-order valence-corrected chi connectivity index (χ0v) is 31.2. The minimum absolute atomic E-state index is 0.00165. The monoisotopic (exact) mass is 757 g/mol. The number of amides is 4. The molecule has 0 aliphatic carbocycles. The van der Waals surface area contributed by atoms with E-state index in [1.807, 2.05) is 69.4 Å². The third-order valence-corrected chi connectivity index (χ3v) is 8.08. The first-order valence-electron chi connectivity index (χ1n) is 17.6. The van der Waals surface area contributed by atoms with E-state index >= 15 is 0 Å². The summed E-state index contributed by atoms with van der Waals surface area (Å²) in [6.07, 6.45) is -0.867. The predicted molar refractivity (Wildman–Crippen MR) is 217 cm³/mol. The van der Waals surface area contributed by atoms with Crippen molar-refractivity contribution in [3.05, 3.63) is 155 Å². The van der Waals surface area contributed by atoms with Gasteiger partial charge in [-0.05, 0) is 97.3 Å². The lowest BCUT2D eigenvalue weighted by Crippen LogP contribution is -2.19. The van der Waals surface area contributed by atoms with Gasteiger partial charge in [-0.1, -0.05) is 71.8 Å². The smallest absolute Gasteiger partial charge is 0.411 e. The molecule has 288 valence electrons. The fourth-order valence-electron chi connectivity index (χ4n) is 4.98. The third-order valence-electron chi connectivity index (χ3n) is 8.08. The molecule has 0 unspecified atom stereocenters. The van der Waals surface area contributed by atoms with Crippen molar-refractivity contribution in [1.82, 2.24) is 0 Å². The van der Waals surface area contributed by atoms with Crippen molar-refractivity contribution in [3.8, 4) is 0 Å². The van der Waals surface area contributed by atoms with Gasteiger partial charge in [-0.15, -0.1) is 0 Å². The van der Waals surface area contributed by atoms with E-state index in [9.17, 15) is 19.2 Å². The summed E-state index contributed by atoms with van der Waals surface area (Å²) in [6.45, 7) is 3.70. The minimum atomic E-state index is -0.669. The highest BCUT2D eigenvalue weighted by Crippen LogP contribution is 2.17. The molecule has 0 saturated carbocycles. The molecule has 13 nitrogen and oxygen atoms in total. The Balaban J connectivity index is 1.10. The Labute approximate surface area is 325 Å². The summed E-state index contributed by atoms with van der Waals surface area (Å²) in [5.74, 6) is 0. The predicted octanol–water partition coefficient (Wildman–Crippen LogP) is 9.72. The van der Waals surface area contributed by atoms with Crippen molar-refractivity contribution in [1.29, 1.82) is 0 Å². The van der Waals surface area contributed by atoms with Gasteiger partial charge in [0.1, 0.15) is 26.4 Å². The number of aryl methyl sites for hydroxylation is 2. The van der Waals surface area contributed by atoms with Crippen LogP contribution in [-0.2, 0) is 32.2 Å². The maximum Gasteiger partial charge on any atom is 0.411 e. The molecule has 4 amide bonds. The molecule has 0 heterocycles. The van der Waals surface area contributed by atoms with Crippen LogP contribution >= 0.6 is 0 Å². The van der Waals surface area contributed by atoms with Crippen molar-refractivity contribution in [2.45, 2.75) is 27.1 Å². The summed E-state index contributed by atoms with van der Waals surface area (Å²) < 4.78 is 21.5. The van der Waals surface area contributed by atoms with Crippen molar-refractivity contribution in [3.63, 3.8) is 0 Å². The second kappa shape index (κ2) is 20.3. The van der Waals surface area contributed by atoms with Crippen LogP contribution in [0, 0.1) is 13.8 Å². The number of carbonyl (C=O) groups is 4. The molecule has 0 aromatic heterocycles. The highest BCUT2D eigenvalue weighted by atomic mass is 16.6. The third kappa shape index (κ3) is 13.6. The second-order valence-corrected chi connectivity index (χ2v) is 12.6. The standard InChI is InChI=1S/C43H43N5O8/c1-29-4-14-36(15-5-29)45-42(51)55-27-34(28-56-43(52)46-37-16-6-30(2)7-17-37)24-31-8-20-38(21-9-31)47-40(49)54-26-33-12-22-39(23-13-33)48-41(50)53-25-32-10-18-35(44-3)19-11-32/h4-24,44H,25-28H2,1-3H3,(H,45,51)(H,46,52)(H,47,49)(H,48,50). The van der Waals surface area contributed by atoms with Gasteiger partial charge in [-0.3, -0.25) is 21.3 Å². The van der Waals surface area contributed by atoms with Gasteiger partial charge in [0, 0.05) is 41.1 Å². The van der Waals surface area contributed by atoms with Crippen LogP contribution in [0.2, 0.25) is 0 Å². The molecule has 0 saturated heterocycles. The van der Waals surface area contributed by atoms with E-state index in [-0.39, 0.29) is 26.4 Å². The summed E-state index contributed by atoms with van der Waals surface area (Å²) in [5.41, 5.74) is 7.99. The highest BCUT2D eigenvalue weighted by Gasteiger charge is 2.11. The van der Waals surface area contributed by atoms with Crippen molar-refractivity contribution in [2.75, 3.05) is 46.8 Å².